The van der Waals surface area contributed by atoms with Gasteiger partial charge in [0.15, 0.2) is 0 Å². The SMILES string of the molecule is c1ccc(-c2ccc(N(c3ccc4sc5cnc6ccccc6c5c4c3)c3ccc4c(c3)c3ccccc3n4-c3ccccc3)cc2)cc1. The number of anilines is 3. The van der Waals surface area contributed by atoms with Gasteiger partial charge in [0, 0.05) is 60.6 Å². The van der Waals surface area contributed by atoms with Crippen molar-refractivity contribution in [2.24, 2.45) is 0 Å². The van der Waals surface area contributed by atoms with Crippen LogP contribution in [0, 0.1) is 0 Å². The average molecular weight is 644 g/mol. The highest BCUT2D eigenvalue weighted by atomic mass is 32.1. The normalized spacial score (nSPS) is 11.7. The van der Waals surface area contributed by atoms with Crippen LogP contribution in [0.25, 0.3) is 69.7 Å². The van der Waals surface area contributed by atoms with Crippen molar-refractivity contribution in [3.8, 4) is 16.8 Å². The second kappa shape index (κ2) is 11.2. The fraction of sp³-hybridized carbons (Fsp3) is 0. The van der Waals surface area contributed by atoms with Gasteiger partial charge in [-0.05, 0) is 83.9 Å². The monoisotopic (exact) mass is 643 g/mol. The van der Waals surface area contributed by atoms with Gasteiger partial charge in [-0.25, -0.2) is 0 Å². The van der Waals surface area contributed by atoms with Crippen molar-refractivity contribution in [3.63, 3.8) is 0 Å². The summed E-state index contributed by atoms with van der Waals surface area (Å²) >= 11 is 1.81. The lowest BCUT2D eigenvalue weighted by molar-refractivity contribution is 1.18. The van der Waals surface area contributed by atoms with Crippen LogP contribution in [0.1, 0.15) is 0 Å². The van der Waals surface area contributed by atoms with Gasteiger partial charge in [0.1, 0.15) is 0 Å². The van der Waals surface area contributed by atoms with Gasteiger partial charge in [-0.1, -0.05) is 97.1 Å². The zero-order valence-corrected chi connectivity index (χ0v) is 27.3. The highest BCUT2D eigenvalue weighted by molar-refractivity contribution is 7.26. The second-order valence-corrected chi connectivity index (χ2v) is 13.5. The highest BCUT2D eigenvalue weighted by Gasteiger charge is 2.19. The van der Waals surface area contributed by atoms with Crippen molar-refractivity contribution in [3.05, 3.63) is 176 Å². The number of thiophene rings is 1. The molecule has 0 spiro atoms. The molecule has 0 saturated heterocycles. The maximum Gasteiger partial charge on any atom is 0.0709 e. The zero-order valence-electron chi connectivity index (χ0n) is 26.5. The number of aromatic nitrogens is 2. The molecule has 10 rings (SSSR count). The molecule has 3 heterocycles. The Morgan fingerprint density at radius 1 is 0.449 bits per heavy atom. The number of para-hydroxylation sites is 3. The summed E-state index contributed by atoms with van der Waals surface area (Å²) in [5.41, 5.74) is 10.3. The molecule has 230 valence electrons. The summed E-state index contributed by atoms with van der Waals surface area (Å²) in [6.45, 7) is 0. The van der Waals surface area contributed by atoms with E-state index >= 15 is 0 Å². The molecule has 49 heavy (non-hydrogen) atoms. The maximum atomic E-state index is 4.77. The molecule has 3 nitrogen and oxygen atoms in total. The lowest BCUT2D eigenvalue weighted by Crippen LogP contribution is -2.09. The molecule has 0 N–H and O–H groups in total. The number of hydrogen-bond donors (Lipinski definition) is 0. The van der Waals surface area contributed by atoms with E-state index in [2.05, 4.69) is 179 Å². The van der Waals surface area contributed by atoms with Gasteiger partial charge in [0.25, 0.3) is 0 Å². The van der Waals surface area contributed by atoms with Crippen molar-refractivity contribution in [1.29, 1.82) is 0 Å². The molecule has 0 aliphatic carbocycles. The quantitative estimate of drug-likeness (QED) is 0.186. The van der Waals surface area contributed by atoms with Crippen LogP contribution in [0.5, 0.6) is 0 Å². The van der Waals surface area contributed by atoms with Gasteiger partial charge >= 0.3 is 0 Å². The Morgan fingerprint density at radius 2 is 1.06 bits per heavy atom. The van der Waals surface area contributed by atoms with Gasteiger partial charge in [-0.15, -0.1) is 11.3 Å². The first-order chi connectivity index (χ1) is 24.3. The molecule has 0 atom stereocenters. The molecular formula is C45H29N3S. The van der Waals surface area contributed by atoms with E-state index in [0.717, 1.165) is 28.3 Å². The van der Waals surface area contributed by atoms with Gasteiger partial charge in [-0.2, -0.15) is 0 Å². The van der Waals surface area contributed by atoms with Gasteiger partial charge in [-0.3, -0.25) is 4.98 Å². The molecular weight excluding hydrogens is 615 g/mol. The first-order valence-electron chi connectivity index (χ1n) is 16.5. The minimum atomic E-state index is 1.02. The van der Waals surface area contributed by atoms with Crippen LogP contribution in [0.15, 0.2) is 176 Å². The largest absolute Gasteiger partial charge is 0.310 e. The zero-order chi connectivity index (χ0) is 32.3. The Labute approximate surface area is 287 Å². The fourth-order valence-electron chi connectivity index (χ4n) is 7.37. The summed E-state index contributed by atoms with van der Waals surface area (Å²) in [5, 5.41) is 6.18. The van der Waals surface area contributed by atoms with Crippen LogP contribution in [-0.4, -0.2) is 9.55 Å². The summed E-state index contributed by atoms with van der Waals surface area (Å²) in [6.07, 6.45) is 2.03. The van der Waals surface area contributed by atoms with E-state index in [1.807, 2.05) is 17.5 Å². The van der Waals surface area contributed by atoms with Crippen LogP contribution in [0.4, 0.5) is 17.1 Å². The molecule has 0 aliphatic rings. The van der Waals surface area contributed by atoms with Gasteiger partial charge in [0.05, 0.1) is 21.3 Å². The first kappa shape index (κ1) is 27.8. The molecule has 7 aromatic carbocycles. The topological polar surface area (TPSA) is 21.1 Å². The molecule has 0 amide bonds. The van der Waals surface area contributed by atoms with Gasteiger partial charge in [0.2, 0.25) is 0 Å². The lowest BCUT2D eigenvalue weighted by Gasteiger charge is -2.26. The fourth-order valence-corrected chi connectivity index (χ4v) is 8.45. The third-order valence-corrected chi connectivity index (χ3v) is 10.7. The molecule has 0 aliphatic heterocycles. The smallest absolute Gasteiger partial charge is 0.0709 e. The van der Waals surface area contributed by atoms with Crippen LogP contribution in [-0.2, 0) is 0 Å². The molecule has 0 unspecified atom stereocenters. The predicted molar refractivity (Wildman–Crippen MR) is 209 cm³/mol. The van der Waals surface area contributed by atoms with E-state index in [9.17, 15) is 0 Å². The van der Waals surface area contributed by atoms with Crippen LogP contribution in [0.3, 0.4) is 0 Å². The Morgan fingerprint density at radius 3 is 1.88 bits per heavy atom. The molecule has 3 aromatic heterocycles. The minimum absolute atomic E-state index is 1.02. The summed E-state index contributed by atoms with van der Waals surface area (Å²) in [5.74, 6) is 0. The van der Waals surface area contributed by atoms with Gasteiger partial charge < -0.3 is 9.47 Å². The standard InChI is InChI=1S/C45H29N3S/c1-3-11-30(12-4-1)31-19-21-33(22-20-31)47(35-24-26-43-39(28-35)45-37-16-7-9-17-40(37)46-29-44(45)49-43)34-23-25-42-38(27-34)36-15-8-10-18-41(36)48(42)32-13-5-2-6-14-32/h1-29H. The molecule has 0 bridgehead atoms. The third kappa shape index (κ3) is 4.53. The number of nitrogens with zero attached hydrogens (tertiary/aromatic N) is 3. The van der Waals surface area contributed by atoms with Crippen LogP contribution < -0.4 is 4.90 Å². The van der Waals surface area contributed by atoms with Crippen molar-refractivity contribution < 1.29 is 0 Å². The molecule has 0 saturated carbocycles. The average Bonchev–Trinajstić information content (AvgIpc) is 3.71. The van der Waals surface area contributed by atoms with Crippen molar-refractivity contribution in [2.45, 2.75) is 0 Å². The van der Waals surface area contributed by atoms with Crippen LogP contribution >= 0.6 is 11.3 Å². The number of pyridine rings is 1. The molecule has 0 fully saturated rings. The van der Waals surface area contributed by atoms with Crippen LogP contribution in [0.2, 0.25) is 0 Å². The summed E-state index contributed by atoms with van der Waals surface area (Å²) in [4.78, 5) is 7.16. The number of rotatable bonds is 5. The van der Waals surface area contributed by atoms with E-state index in [1.165, 1.54) is 58.5 Å². The predicted octanol–water partition coefficient (Wildman–Crippen LogP) is 12.8. The third-order valence-electron chi connectivity index (χ3n) is 9.61. The Hall–Kier alpha value is -6.23. The number of fused-ring (bicyclic) bond motifs is 8. The van der Waals surface area contributed by atoms with E-state index in [4.69, 9.17) is 4.98 Å². The first-order valence-corrected chi connectivity index (χ1v) is 17.4. The Balaban J connectivity index is 1.21. The highest BCUT2D eigenvalue weighted by Crippen LogP contribution is 2.44. The van der Waals surface area contributed by atoms with E-state index in [-0.39, 0.29) is 0 Å². The maximum absolute atomic E-state index is 4.77. The van der Waals surface area contributed by atoms with Crippen molar-refractivity contribution >= 4 is 81.3 Å². The summed E-state index contributed by atoms with van der Waals surface area (Å²) in [7, 11) is 0. The molecule has 4 heteroatoms. The summed E-state index contributed by atoms with van der Waals surface area (Å²) < 4.78 is 4.84. The minimum Gasteiger partial charge on any atom is -0.310 e. The van der Waals surface area contributed by atoms with Crippen molar-refractivity contribution in [1.82, 2.24) is 9.55 Å². The lowest BCUT2D eigenvalue weighted by atomic mass is 10.0. The second-order valence-electron chi connectivity index (χ2n) is 12.4. The van der Waals surface area contributed by atoms with E-state index in [0.29, 0.717) is 0 Å². The summed E-state index contributed by atoms with van der Waals surface area (Å²) in [6, 6.07) is 61.2. The Bertz CT molecular complexity index is 2820. The number of benzene rings is 7. The van der Waals surface area contributed by atoms with E-state index in [1.54, 1.807) is 0 Å². The van der Waals surface area contributed by atoms with Crippen molar-refractivity contribution in [2.75, 3.05) is 4.90 Å². The number of hydrogen-bond acceptors (Lipinski definition) is 3. The molecule has 10 aromatic rings. The van der Waals surface area contributed by atoms with E-state index < -0.39 is 0 Å². The Kier molecular flexibility index (Phi) is 6.36. The molecule has 0 radical (unpaired) electrons.